The van der Waals surface area contributed by atoms with E-state index in [0.29, 0.717) is 11.3 Å². The van der Waals surface area contributed by atoms with E-state index in [1.54, 1.807) is 19.2 Å². The Morgan fingerprint density at radius 1 is 1.07 bits per heavy atom. The molecular weight excluding hydrogens is 533 g/mol. The molecule has 3 rings (SSSR count). The van der Waals surface area contributed by atoms with Crippen molar-refractivity contribution in [3.63, 3.8) is 0 Å². The smallest absolute Gasteiger partial charge is 0.155 e. The van der Waals surface area contributed by atoms with Crippen LogP contribution in [0.15, 0.2) is 77.5 Å². The Morgan fingerprint density at radius 3 is 2.29 bits per heavy atom. The van der Waals surface area contributed by atoms with Crippen LogP contribution in [-0.4, -0.2) is 23.6 Å². The van der Waals surface area contributed by atoms with E-state index in [9.17, 15) is 9.18 Å². The quantitative estimate of drug-likeness (QED) is 0.207. The van der Waals surface area contributed by atoms with Crippen molar-refractivity contribution in [2.24, 2.45) is 4.99 Å². The van der Waals surface area contributed by atoms with Crippen molar-refractivity contribution in [1.29, 1.82) is 0 Å². The fraction of sp³-hybridized carbons (Fsp3) is 0.130. The molecule has 28 heavy (non-hydrogen) atoms. The van der Waals surface area contributed by atoms with Gasteiger partial charge in [-0.15, -0.1) is 35.0 Å². The molecule has 0 aliphatic rings. The molecule has 0 saturated carbocycles. The van der Waals surface area contributed by atoms with Gasteiger partial charge in [-0.3, -0.25) is 9.79 Å². The average molecular weight is 555 g/mol. The summed E-state index contributed by atoms with van der Waals surface area (Å²) in [5.41, 5.74) is 2.06. The Bertz CT molecular complexity index is 994. The van der Waals surface area contributed by atoms with Crippen LogP contribution in [-0.2, 0) is 24.9 Å². The minimum absolute atomic E-state index is 0. The van der Waals surface area contributed by atoms with Crippen LogP contribution in [0.1, 0.15) is 25.0 Å². The van der Waals surface area contributed by atoms with Crippen molar-refractivity contribution in [1.82, 2.24) is 0 Å². The van der Waals surface area contributed by atoms with Crippen LogP contribution >= 0.6 is 0 Å². The third kappa shape index (κ3) is 6.22. The van der Waals surface area contributed by atoms with E-state index in [-0.39, 0.29) is 37.5 Å². The van der Waals surface area contributed by atoms with E-state index in [1.807, 2.05) is 42.5 Å². The zero-order chi connectivity index (χ0) is 19.8. The molecule has 0 bridgehead atoms. The molecule has 0 aromatic heterocycles. The number of carbonyl (C=O) groups excluding carboxylic acids is 1. The van der Waals surface area contributed by atoms with Gasteiger partial charge in [-0.1, -0.05) is 36.4 Å². The van der Waals surface area contributed by atoms with Crippen LogP contribution in [0.2, 0.25) is 0 Å². The van der Waals surface area contributed by atoms with Gasteiger partial charge in [0.2, 0.25) is 0 Å². The fourth-order valence-electron chi connectivity index (χ4n) is 2.68. The monoisotopic (exact) mass is 555 g/mol. The third-order valence-corrected chi connectivity index (χ3v) is 3.71. The van der Waals surface area contributed by atoms with Crippen LogP contribution in [0.25, 0.3) is 10.8 Å². The number of aliphatic imine (C=N–C) groups is 1. The van der Waals surface area contributed by atoms with Crippen molar-refractivity contribution in [2.45, 2.75) is 13.8 Å². The number of hydrogen-bond donors (Lipinski definition) is 1. The summed E-state index contributed by atoms with van der Waals surface area (Å²) in [5.74, 6) is -0.336. The van der Waals surface area contributed by atoms with Gasteiger partial charge < -0.3 is 5.11 Å². The molecule has 0 unspecified atom stereocenters. The first-order valence-electron chi connectivity index (χ1n) is 8.43. The zero-order valence-electron chi connectivity index (χ0n) is 15.9. The summed E-state index contributed by atoms with van der Waals surface area (Å²) in [6.07, 6.45) is 1.17. The second-order valence-electron chi connectivity index (χ2n) is 5.89. The molecule has 1 radical (unpaired) electrons. The number of nitrogens with zero attached hydrogens (tertiary/aromatic N) is 1. The number of halogens is 1. The predicted molar refractivity (Wildman–Crippen MR) is 108 cm³/mol. The van der Waals surface area contributed by atoms with Gasteiger partial charge >= 0.3 is 0 Å². The van der Waals surface area contributed by atoms with Gasteiger partial charge in [0, 0.05) is 38.9 Å². The number of aliphatic hydroxyl groups is 1. The van der Waals surface area contributed by atoms with Gasteiger partial charge in [0.05, 0.1) is 11.6 Å². The first kappa shape index (κ1) is 23.4. The largest absolute Gasteiger partial charge is 0.512 e. The molecule has 147 valence electrons. The van der Waals surface area contributed by atoms with Crippen molar-refractivity contribution >= 4 is 22.3 Å². The molecule has 1 N–H and O–H groups in total. The van der Waals surface area contributed by atoms with E-state index < -0.39 is 0 Å². The van der Waals surface area contributed by atoms with Crippen molar-refractivity contribution in [3.05, 3.63) is 95.5 Å². The van der Waals surface area contributed by atoms with E-state index in [0.717, 1.165) is 16.3 Å². The molecule has 0 heterocycles. The summed E-state index contributed by atoms with van der Waals surface area (Å²) >= 11 is 0. The van der Waals surface area contributed by atoms with Gasteiger partial charge in [-0.25, -0.2) is 4.39 Å². The predicted octanol–water partition coefficient (Wildman–Crippen LogP) is 5.28. The van der Waals surface area contributed by atoms with Crippen LogP contribution < -0.4 is 0 Å². The van der Waals surface area contributed by atoms with Crippen molar-refractivity contribution in [2.75, 3.05) is 7.05 Å². The minimum atomic E-state index is -0.274. The molecule has 0 aliphatic carbocycles. The number of allylic oxidation sites excluding steroid dienone is 2. The van der Waals surface area contributed by atoms with Crippen molar-refractivity contribution in [3.8, 4) is 0 Å². The maximum absolute atomic E-state index is 14.3. The van der Waals surface area contributed by atoms with E-state index in [2.05, 4.69) is 11.1 Å². The summed E-state index contributed by atoms with van der Waals surface area (Å²) in [7, 11) is 1.68. The van der Waals surface area contributed by atoms with Gasteiger partial charge in [0.15, 0.2) is 5.78 Å². The third-order valence-electron chi connectivity index (χ3n) is 3.71. The Labute approximate surface area is 178 Å². The molecule has 3 aromatic rings. The Kier molecular flexibility index (Phi) is 9.43. The number of aliphatic hydroxyl groups excluding tert-OH is 1. The average Bonchev–Trinajstić information content (AvgIpc) is 2.64. The van der Waals surface area contributed by atoms with Crippen LogP contribution in [0.5, 0.6) is 0 Å². The number of rotatable bonds is 3. The maximum Gasteiger partial charge on any atom is 0.155 e. The number of carbonyl (C=O) groups is 1. The van der Waals surface area contributed by atoms with Crippen LogP contribution in [0.4, 0.5) is 4.39 Å². The number of ketones is 1. The molecular formula is C23H21FIrNO2-. The maximum atomic E-state index is 14.3. The molecule has 0 fully saturated rings. The molecule has 3 aromatic carbocycles. The van der Waals surface area contributed by atoms with Gasteiger partial charge in [-0.05, 0) is 31.0 Å². The second kappa shape index (κ2) is 11.3. The number of hydrogen-bond acceptors (Lipinski definition) is 3. The van der Waals surface area contributed by atoms with E-state index in [1.165, 1.54) is 26.0 Å². The summed E-state index contributed by atoms with van der Waals surface area (Å²) in [5, 5.41) is 10.1. The molecule has 0 aliphatic heterocycles. The van der Waals surface area contributed by atoms with Gasteiger partial charge in [-0.2, -0.15) is 0 Å². The van der Waals surface area contributed by atoms with Crippen LogP contribution in [0, 0.1) is 11.9 Å². The second-order valence-corrected chi connectivity index (χ2v) is 5.89. The topological polar surface area (TPSA) is 49.7 Å². The summed E-state index contributed by atoms with van der Waals surface area (Å²) < 4.78 is 14.3. The summed E-state index contributed by atoms with van der Waals surface area (Å²) in [6.45, 7) is 2.85. The number of fused-ring (bicyclic) bond motifs is 1. The molecule has 0 atom stereocenters. The fourth-order valence-corrected chi connectivity index (χ4v) is 2.68. The number of benzene rings is 3. The molecule has 0 spiro atoms. The first-order valence-corrected chi connectivity index (χ1v) is 8.43. The normalized spacial score (nSPS) is 11.3. The summed E-state index contributed by atoms with van der Waals surface area (Å²) in [6, 6.07) is 21.7. The van der Waals surface area contributed by atoms with E-state index in [4.69, 9.17) is 5.11 Å². The zero-order valence-corrected chi connectivity index (χ0v) is 18.3. The van der Waals surface area contributed by atoms with Gasteiger partial charge in [0.25, 0.3) is 0 Å². The summed E-state index contributed by atoms with van der Waals surface area (Å²) in [4.78, 5) is 14.3. The van der Waals surface area contributed by atoms with E-state index >= 15 is 0 Å². The van der Waals surface area contributed by atoms with Gasteiger partial charge in [0.1, 0.15) is 0 Å². The Hall–Kier alpha value is -2.62. The molecule has 0 amide bonds. The standard InChI is InChI=1S/C18H13FN.C5H8O2.Ir/c1-20-18(14-8-3-2-4-9-14)17-15-10-6-5-7-13(15)11-12-16(17)19;1-4(6)3-5(2)7;/h2-9,11-12H,1H3;3,6H,1-2H3;/q-1;;. The van der Waals surface area contributed by atoms with Crippen LogP contribution in [0.3, 0.4) is 0 Å². The molecule has 5 heteroatoms. The molecule has 0 saturated heterocycles. The van der Waals surface area contributed by atoms with Crippen molar-refractivity contribution < 1.29 is 34.4 Å². The SMILES string of the molecule is CC(=O)C=C(C)O.CN=C(c1ccccc1)c1c(F)ccc2ccc[c-]c12.[Ir]. The minimum Gasteiger partial charge on any atom is -0.512 e. The molecule has 3 nitrogen and oxygen atoms in total. The Balaban J connectivity index is 0.000000425. The first-order chi connectivity index (χ1) is 12.9. The Morgan fingerprint density at radius 2 is 1.75 bits per heavy atom.